The number of nitrogens with one attached hydrogen (secondary N) is 3. The number of aromatic nitrogens is 2. The minimum Gasteiger partial charge on any atom is -0.317 e. The molecule has 0 aromatic carbocycles. The average molecular weight is 272 g/mol. The number of sulfonamides is 1. The van der Waals surface area contributed by atoms with E-state index in [4.69, 9.17) is 0 Å². The molecule has 1 aliphatic rings. The van der Waals surface area contributed by atoms with Gasteiger partial charge in [-0.25, -0.2) is 13.1 Å². The van der Waals surface area contributed by atoms with Crippen LogP contribution in [0.3, 0.4) is 0 Å². The third kappa shape index (κ3) is 2.90. The van der Waals surface area contributed by atoms with Crippen LogP contribution in [-0.4, -0.2) is 38.2 Å². The van der Waals surface area contributed by atoms with E-state index in [2.05, 4.69) is 20.2 Å². The van der Waals surface area contributed by atoms with Gasteiger partial charge in [0, 0.05) is 6.54 Å². The summed E-state index contributed by atoms with van der Waals surface area (Å²) in [6, 6.07) is 0. The number of piperidine rings is 1. The molecule has 102 valence electrons. The molecule has 1 saturated heterocycles. The molecule has 18 heavy (non-hydrogen) atoms. The second kappa shape index (κ2) is 5.38. The van der Waals surface area contributed by atoms with E-state index in [1.807, 2.05) is 0 Å². The highest BCUT2D eigenvalue weighted by Crippen LogP contribution is 2.17. The van der Waals surface area contributed by atoms with Crippen LogP contribution in [-0.2, 0) is 10.0 Å². The second-order valence-electron chi connectivity index (χ2n) is 4.81. The summed E-state index contributed by atoms with van der Waals surface area (Å²) in [5, 5.41) is 9.89. The Balaban J connectivity index is 2.03. The first kappa shape index (κ1) is 13.5. The molecule has 1 aliphatic heterocycles. The van der Waals surface area contributed by atoms with Crippen LogP contribution in [0.15, 0.2) is 4.90 Å². The molecule has 1 aromatic heterocycles. The fourth-order valence-corrected chi connectivity index (χ4v) is 3.80. The summed E-state index contributed by atoms with van der Waals surface area (Å²) in [5.74, 6) is 0.425. The normalized spacial score (nSPS) is 18.1. The van der Waals surface area contributed by atoms with E-state index >= 15 is 0 Å². The zero-order valence-corrected chi connectivity index (χ0v) is 11.6. The van der Waals surface area contributed by atoms with Gasteiger partial charge in [0.2, 0.25) is 10.0 Å². The van der Waals surface area contributed by atoms with Gasteiger partial charge >= 0.3 is 0 Å². The lowest BCUT2D eigenvalue weighted by Crippen LogP contribution is -2.36. The fraction of sp³-hybridized carbons (Fsp3) is 0.727. The number of H-pyrrole nitrogens is 1. The van der Waals surface area contributed by atoms with Crippen molar-refractivity contribution in [3.63, 3.8) is 0 Å². The van der Waals surface area contributed by atoms with Crippen LogP contribution in [0.4, 0.5) is 0 Å². The van der Waals surface area contributed by atoms with Crippen molar-refractivity contribution in [3.8, 4) is 0 Å². The molecule has 6 nitrogen and oxygen atoms in total. The number of hydrogen-bond donors (Lipinski definition) is 3. The van der Waals surface area contributed by atoms with E-state index in [1.54, 1.807) is 13.8 Å². The minimum absolute atomic E-state index is 0.288. The first-order valence-corrected chi connectivity index (χ1v) is 7.71. The van der Waals surface area contributed by atoms with E-state index < -0.39 is 10.0 Å². The maximum Gasteiger partial charge on any atom is 0.244 e. The van der Waals surface area contributed by atoms with Crippen LogP contribution in [0.2, 0.25) is 0 Å². The van der Waals surface area contributed by atoms with E-state index in [0.717, 1.165) is 25.9 Å². The highest BCUT2D eigenvalue weighted by Gasteiger charge is 2.23. The summed E-state index contributed by atoms with van der Waals surface area (Å²) in [6.07, 6.45) is 2.04. The first-order valence-electron chi connectivity index (χ1n) is 6.22. The van der Waals surface area contributed by atoms with Crippen molar-refractivity contribution in [2.24, 2.45) is 5.92 Å². The molecule has 3 N–H and O–H groups in total. The predicted octanol–water partition coefficient (Wildman–Crippen LogP) is 0.304. The van der Waals surface area contributed by atoms with E-state index in [1.165, 1.54) is 0 Å². The molecule has 0 radical (unpaired) electrons. The molecule has 0 unspecified atom stereocenters. The summed E-state index contributed by atoms with van der Waals surface area (Å²) in [4.78, 5) is 0.288. The summed E-state index contributed by atoms with van der Waals surface area (Å²) < 4.78 is 27.1. The van der Waals surface area contributed by atoms with E-state index in [0.29, 0.717) is 23.9 Å². The average Bonchev–Trinajstić information content (AvgIpc) is 2.69. The molecule has 0 bridgehead atoms. The number of hydrogen-bond acceptors (Lipinski definition) is 4. The van der Waals surface area contributed by atoms with Gasteiger partial charge in [-0.2, -0.15) is 5.10 Å². The van der Waals surface area contributed by atoms with Gasteiger partial charge in [0.15, 0.2) is 0 Å². The fourth-order valence-electron chi connectivity index (χ4n) is 2.32. The van der Waals surface area contributed by atoms with Gasteiger partial charge in [0.05, 0.1) is 11.4 Å². The second-order valence-corrected chi connectivity index (χ2v) is 6.51. The number of aryl methyl sites for hydroxylation is 2. The van der Waals surface area contributed by atoms with Crippen molar-refractivity contribution in [1.82, 2.24) is 20.2 Å². The standard InChI is InChI=1S/C11H20N4O2S/c1-8-11(9(2)15-14-8)18(16,17)13-7-10-3-5-12-6-4-10/h10,12-13H,3-7H2,1-2H3,(H,14,15). The predicted molar refractivity (Wildman–Crippen MR) is 68.8 cm³/mol. The van der Waals surface area contributed by atoms with Gasteiger partial charge in [0.1, 0.15) is 4.90 Å². The zero-order chi connectivity index (χ0) is 13.2. The Bertz CT molecular complexity index is 484. The SMILES string of the molecule is Cc1n[nH]c(C)c1S(=O)(=O)NCC1CCNCC1. The summed E-state index contributed by atoms with van der Waals surface area (Å²) in [7, 11) is -3.44. The molecule has 0 aliphatic carbocycles. The van der Waals surface area contributed by atoms with Gasteiger partial charge < -0.3 is 5.32 Å². The van der Waals surface area contributed by atoms with Crippen molar-refractivity contribution < 1.29 is 8.42 Å². The van der Waals surface area contributed by atoms with Crippen LogP contribution >= 0.6 is 0 Å². The summed E-state index contributed by atoms with van der Waals surface area (Å²) in [6.45, 7) is 5.86. The molecule has 1 fully saturated rings. The lowest BCUT2D eigenvalue weighted by Gasteiger charge is -2.22. The molecular formula is C11H20N4O2S. The highest BCUT2D eigenvalue weighted by molar-refractivity contribution is 7.89. The molecule has 7 heteroatoms. The quantitative estimate of drug-likeness (QED) is 0.736. The number of rotatable bonds is 4. The smallest absolute Gasteiger partial charge is 0.244 e. The van der Waals surface area contributed by atoms with Crippen LogP contribution in [0.25, 0.3) is 0 Å². The number of aromatic amines is 1. The molecule has 0 spiro atoms. The lowest BCUT2D eigenvalue weighted by molar-refractivity contribution is 0.372. The lowest BCUT2D eigenvalue weighted by atomic mass is 9.99. The van der Waals surface area contributed by atoms with E-state index in [-0.39, 0.29) is 4.90 Å². The van der Waals surface area contributed by atoms with Crippen molar-refractivity contribution in [2.75, 3.05) is 19.6 Å². The van der Waals surface area contributed by atoms with Crippen LogP contribution < -0.4 is 10.0 Å². The Morgan fingerprint density at radius 3 is 2.56 bits per heavy atom. The van der Waals surface area contributed by atoms with Crippen molar-refractivity contribution in [3.05, 3.63) is 11.4 Å². The molecular weight excluding hydrogens is 252 g/mol. The van der Waals surface area contributed by atoms with E-state index in [9.17, 15) is 8.42 Å². The molecule has 1 aromatic rings. The van der Waals surface area contributed by atoms with Crippen molar-refractivity contribution in [2.45, 2.75) is 31.6 Å². The van der Waals surface area contributed by atoms with Crippen LogP contribution in [0.5, 0.6) is 0 Å². The molecule has 0 saturated carbocycles. The molecule has 2 heterocycles. The van der Waals surface area contributed by atoms with Gasteiger partial charge in [-0.05, 0) is 45.7 Å². The Hall–Kier alpha value is -0.920. The minimum atomic E-state index is -3.44. The first-order chi connectivity index (χ1) is 8.50. The number of nitrogens with zero attached hydrogens (tertiary/aromatic N) is 1. The molecule has 0 atom stereocenters. The third-order valence-electron chi connectivity index (χ3n) is 3.35. The Kier molecular flexibility index (Phi) is 4.04. The largest absolute Gasteiger partial charge is 0.317 e. The molecule has 2 rings (SSSR count). The van der Waals surface area contributed by atoms with Crippen LogP contribution in [0, 0.1) is 19.8 Å². The zero-order valence-electron chi connectivity index (χ0n) is 10.8. The van der Waals surface area contributed by atoms with Crippen molar-refractivity contribution in [1.29, 1.82) is 0 Å². The Morgan fingerprint density at radius 2 is 2.00 bits per heavy atom. The topological polar surface area (TPSA) is 86.9 Å². The Morgan fingerprint density at radius 1 is 1.33 bits per heavy atom. The van der Waals surface area contributed by atoms with Gasteiger partial charge in [-0.15, -0.1) is 0 Å². The Labute approximate surface area is 108 Å². The maximum atomic E-state index is 12.2. The van der Waals surface area contributed by atoms with Crippen LogP contribution in [0.1, 0.15) is 24.2 Å². The van der Waals surface area contributed by atoms with Gasteiger partial charge in [0.25, 0.3) is 0 Å². The highest BCUT2D eigenvalue weighted by atomic mass is 32.2. The van der Waals surface area contributed by atoms with Crippen molar-refractivity contribution >= 4 is 10.0 Å². The monoisotopic (exact) mass is 272 g/mol. The summed E-state index contributed by atoms with van der Waals surface area (Å²) >= 11 is 0. The summed E-state index contributed by atoms with van der Waals surface area (Å²) in [5.41, 5.74) is 1.11. The van der Waals surface area contributed by atoms with Gasteiger partial charge in [-0.1, -0.05) is 0 Å². The maximum absolute atomic E-state index is 12.2. The van der Waals surface area contributed by atoms with Gasteiger partial charge in [-0.3, -0.25) is 5.10 Å². The third-order valence-corrected chi connectivity index (χ3v) is 5.04. The molecule has 0 amide bonds.